The van der Waals surface area contributed by atoms with Crippen molar-refractivity contribution in [3.63, 3.8) is 0 Å². The van der Waals surface area contributed by atoms with Crippen LogP contribution in [0.3, 0.4) is 0 Å². The molecule has 1 aliphatic heterocycles. The second kappa shape index (κ2) is 8.31. The molecular formula is C16H24N2O4S. The number of hydrogen-bond donors (Lipinski definition) is 1. The van der Waals surface area contributed by atoms with E-state index >= 15 is 0 Å². The summed E-state index contributed by atoms with van der Waals surface area (Å²) in [6.07, 6.45) is 2.53. The number of nitrogens with one attached hydrogen (secondary N) is 1. The maximum atomic E-state index is 11.8. The van der Waals surface area contributed by atoms with Gasteiger partial charge in [0.1, 0.15) is 5.75 Å². The van der Waals surface area contributed by atoms with Crippen LogP contribution in [0.25, 0.3) is 0 Å². The van der Waals surface area contributed by atoms with E-state index in [9.17, 15) is 13.2 Å². The van der Waals surface area contributed by atoms with Gasteiger partial charge in [0.05, 0.1) is 12.9 Å². The first kappa shape index (κ1) is 17.7. The first-order valence-corrected chi connectivity index (χ1v) is 9.49. The predicted octanol–water partition coefficient (Wildman–Crippen LogP) is 1.17. The molecule has 0 spiro atoms. The fourth-order valence-corrected chi connectivity index (χ4v) is 4.15. The van der Waals surface area contributed by atoms with Crippen LogP contribution in [0.2, 0.25) is 0 Å². The van der Waals surface area contributed by atoms with Crippen molar-refractivity contribution in [2.24, 2.45) is 0 Å². The van der Waals surface area contributed by atoms with Crippen LogP contribution in [0.4, 0.5) is 0 Å². The number of carbonyl (C=O) groups is 1. The zero-order valence-corrected chi connectivity index (χ0v) is 14.3. The van der Waals surface area contributed by atoms with Gasteiger partial charge < -0.3 is 10.1 Å². The maximum Gasteiger partial charge on any atom is 0.221 e. The van der Waals surface area contributed by atoms with Crippen LogP contribution in [0.5, 0.6) is 5.75 Å². The SMILES string of the molecule is COc1ccc(CCNC(=O)CCN2CCCCS2(=O)=O)cc1. The molecule has 0 aromatic heterocycles. The van der Waals surface area contributed by atoms with Crippen LogP contribution in [0.15, 0.2) is 24.3 Å². The minimum Gasteiger partial charge on any atom is -0.497 e. The average Bonchev–Trinajstić information content (AvgIpc) is 2.54. The fourth-order valence-electron chi connectivity index (χ4n) is 2.54. The Morgan fingerprint density at radius 1 is 1.26 bits per heavy atom. The monoisotopic (exact) mass is 340 g/mol. The molecule has 1 saturated heterocycles. The Balaban J connectivity index is 1.68. The minimum atomic E-state index is -3.15. The minimum absolute atomic E-state index is 0.112. The van der Waals surface area contributed by atoms with Crippen LogP contribution >= 0.6 is 0 Å². The van der Waals surface area contributed by atoms with Crippen molar-refractivity contribution >= 4 is 15.9 Å². The van der Waals surface area contributed by atoms with Crippen LogP contribution < -0.4 is 10.1 Å². The van der Waals surface area contributed by atoms with Gasteiger partial charge >= 0.3 is 0 Å². The highest BCUT2D eigenvalue weighted by atomic mass is 32.2. The van der Waals surface area contributed by atoms with Gasteiger partial charge in [-0.3, -0.25) is 4.79 Å². The number of rotatable bonds is 7. The summed E-state index contributed by atoms with van der Waals surface area (Å²) in [7, 11) is -1.53. The molecule has 2 rings (SSSR count). The van der Waals surface area contributed by atoms with Crippen LogP contribution in [0.1, 0.15) is 24.8 Å². The van der Waals surface area contributed by atoms with E-state index in [0.29, 0.717) is 19.5 Å². The zero-order chi connectivity index (χ0) is 16.7. The van der Waals surface area contributed by atoms with Crippen molar-refractivity contribution in [1.82, 2.24) is 9.62 Å². The van der Waals surface area contributed by atoms with Gasteiger partial charge in [0.2, 0.25) is 15.9 Å². The molecule has 1 fully saturated rings. The van der Waals surface area contributed by atoms with E-state index in [4.69, 9.17) is 4.74 Å². The Morgan fingerprint density at radius 3 is 2.65 bits per heavy atom. The molecule has 1 aromatic rings. The van der Waals surface area contributed by atoms with E-state index in [-0.39, 0.29) is 24.6 Å². The van der Waals surface area contributed by atoms with Crippen molar-refractivity contribution in [2.45, 2.75) is 25.7 Å². The molecule has 0 aliphatic carbocycles. The molecule has 1 heterocycles. The molecule has 1 aliphatic rings. The third kappa shape index (κ3) is 5.51. The molecule has 6 nitrogen and oxygen atoms in total. The first-order valence-electron chi connectivity index (χ1n) is 7.89. The van der Waals surface area contributed by atoms with Crippen molar-refractivity contribution in [3.05, 3.63) is 29.8 Å². The van der Waals surface area contributed by atoms with E-state index in [2.05, 4.69) is 5.32 Å². The Kier molecular flexibility index (Phi) is 6.41. The number of amides is 1. The van der Waals surface area contributed by atoms with Crippen molar-refractivity contribution in [2.75, 3.05) is 32.5 Å². The van der Waals surface area contributed by atoms with E-state index in [1.807, 2.05) is 24.3 Å². The number of nitrogens with zero attached hydrogens (tertiary/aromatic N) is 1. The van der Waals surface area contributed by atoms with Crippen molar-refractivity contribution in [1.29, 1.82) is 0 Å². The predicted molar refractivity (Wildman–Crippen MR) is 88.9 cm³/mol. The van der Waals surface area contributed by atoms with Crippen molar-refractivity contribution < 1.29 is 17.9 Å². The van der Waals surface area contributed by atoms with Gasteiger partial charge in [0, 0.05) is 26.1 Å². The summed E-state index contributed by atoms with van der Waals surface area (Å²) in [5.74, 6) is 0.895. The second-order valence-electron chi connectivity index (χ2n) is 5.62. The van der Waals surface area contributed by atoms with E-state index < -0.39 is 10.0 Å². The van der Waals surface area contributed by atoms with E-state index in [1.54, 1.807) is 7.11 Å². The summed E-state index contributed by atoms with van der Waals surface area (Å²) in [5.41, 5.74) is 1.12. The fraction of sp³-hybridized carbons (Fsp3) is 0.562. The summed E-state index contributed by atoms with van der Waals surface area (Å²) >= 11 is 0. The third-order valence-corrected chi connectivity index (χ3v) is 5.89. The number of carbonyl (C=O) groups excluding carboxylic acids is 1. The zero-order valence-electron chi connectivity index (χ0n) is 13.5. The molecular weight excluding hydrogens is 316 g/mol. The number of ether oxygens (including phenoxy) is 1. The lowest BCUT2D eigenvalue weighted by molar-refractivity contribution is -0.121. The van der Waals surface area contributed by atoms with Gasteiger partial charge in [-0.25, -0.2) is 12.7 Å². The largest absolute Gasteiger partial charge is 0.497 e. The molecule has 0 bridgehead atoms. The summed E-state index contributed by atoms with van der Waals surface area (Å²) < 4.78 is 30.2. The summed E-state index contributed by atoms with van der Waals surface area (Å²) in [4.78, 5) is 11.8. The lowest BCUT2D eigenvalue weighted by Crippen LogP contribution is -2.40. The Bertz CT molecular complexity index is 613. The van der Waals surface area contributed by atoms with E-state index in [0.717, 1.165) is 24.2 Å². The standard InChI is InChI=1S/C16H24N2O4S/c1-22-15-6-4-14(5-7-15)8-10-17-16(19)9-12-18-11-2-3-13-23(18,20)21/h4-7H,2-3,8-13H2,1H3,(H,17,19). The summed E-state index contributed by atoms with van der Waals surface area (Å²) in [6, 6.07) is 7.70. The molecule has 0 unspecified atom stereocenters. The van der Waals surface area contributed by atoms with Gasteiger partial charge in [0.15, 0.2) is 0 Å². The topological polar surface area (TPSA) is 75.7 Å². The maximum absolute atomic E-state index is 11.8. The van der Waals surface area contributed by atoms with Gasteiger partial charge in [-0.15, -0.1) is 0 Å². The highest BCUT2D eigenvalue weighted by Crippen LogP contribution is 2.14. The highest BCUT2D eigenvalue weighted by Gasteiger charge is 2.25. The number of sulfonamides is 1. The van der Waals surface area contributed by atoms with Crippen molar-refractivity contribution in [3.8, 4) is 5.75 Å². The summed E-state index contributed by atoms with van der Waals surface area (Å²) in [5, 5.41) is 2.83. The number of benzene rings is 1. The summed E-state index contributed by atoms with van der Waals surface area (Å²) in [6.45, 7) is 1.34. The van der Waals surface area contributed by atoms with Crippen LogP contribution in [-0.2, 0) is 21.2 Å². The number of methoxy groups -OCH3 is 1. The molecule has 1 aromatic carbocycles. The van der Waals surface area contributed by atoms with Gasteiger partial charge in [-0.2, -0.15) is 0 Å². The van der Waals surface area contributed by atoms with Gasteiger partial charge in [0.25, 0.3) is 0 Å². The van der Waals surface area contributed by atoms with Crippen LogP contribution in [-0.4, -0.2) is 51.1 Å². The molecule has 23 heavy (non-hydrogen) atoms. The second-order valence-corrected chi connectivity index (χ2v) is 7.71. The smallest absolute Gasteiger partial charge is 0.221 e. The molecule has 7 heteroatoms. The Labute approximate surface area is 137 Å². The molecule has 1 amide bonds. The molecule has 128 valence electrons. The highest BCUT2D eigenvalue weighted by molar-refractivity contribution is 7.89. The lowest BCUT2D eigenvalue weighted by atomic mass is 10.1. The lowest BCUT2D eigenvalue weighted by Gasteiger charge is -2.25. The molecule has 1 N–H and O–H groups in total. The molecule has 0 radical (unpaired) electrons. The normalized spacial score (nSPS) is 17.6. The molecule has 0 saturated carbocycles. The van der Waals surface area contributed by atoms with Gasteiger partial charge in [-0.1, -0.05) is 12.1 Å². The third-order valence-electron chi connectivity index (χ3n) is 3.94. The average molecular weight is 340 g/mol. The Morgan fingerprint density at radius 2 is 2.00 bits per heavy atom. The number of hydrogen-bond acceptors (Lipinski definition) is 4. The molecule has 0 atom stereocenters. The van der Waals surface area contributed by atoms with E-state index in [1.165, 1.54) is 4.31 Å². The van der Waals surface area contributed by atoms with Crippen LogP contribution in [0, 0.1) is 0 Å². The Hall–Kier alpha value is -1.60. The first-order chi connectivity index (χ1) is 11.0. The quantitative estimate of drug-likeness (QED) is 0.808. The van der Waals surface area contributed by atoms with Gasteiger partial charge in [-0.05, 0) is 37.0 Å².